The minimum Gasteiger partial charge on any atom is -0.330 e. The van der Waals surface area contributed by atoms with E-state index in [1.54, 1.807) is 36.2 Å². The van der Waals surface area contributed by atoms with Gasteiger partial charge in [-0.2, -0.15) is 0 Å². The van der Waals surface area contributed by atoms with Gasteiger partial charge in [0, 0.05) is 24.7 Å². The molecule has 0 saturated carbocycles. The van der Waals surface area contributed by atoms with Gasteiger partial charge in [0.15, 0.2) is 0 Å². The van der Waals surface area contributed by atoms with E-state index in [1.165, 1.54) is 4.57 Å². The summed E-state index contributed by atoms with van der Waals surface area (Å²) in [5.41, 5.74) is 6.92. The maximum absolute atomic E-state index is 13.2. The number of unbranched alkanes of at least 4 members (excludes halogenated alkanes) is 3. The maximum atomic E-state index is 13.2. The minimum atomic E-state index is -0.395. The lowest BCUT2D eigenvalue weighted by molar-refractivity contribution is -0.128. The van der Waals surface area contributed by atoms with Crippen LogP contribution in [-0.4, -0.2) is 33.4 Å². The number of nitrogens with zero attached hydrogens (tertiary/aromatic N) is 3. The van der Waals surface area contributed by atoms with E-state index in [9.17, 15) is 9.59 Å². The van der Waals surface area contributed by atoms with Crippen LogP contribution in [0.5, 0.6) is 0 Å². The normalized spacial score (nSPS) is 12.4. The zero-order valence-corrected chi connectivity index (χ0v) is 20.0. The van der Waals surface area contributed by atoms with Crippen LogP contribution in [-0.2, 0) is 11.8 Å². The van der Waals surface area contributed by atoms with Crippen molar-refractivity contribution in [3.63, 3.8) is 0 Å². The van der Waals surface area contributed by atoms with Crippen molar-refractivity contribution >= 4 is 34.5 Å². The highest BCUT2D eigenvalue weighted by Gasteiger charge is 2.24. The number of hydrogen-bond donors (Lipinski definition) is 1. The number of benzene rings is 2. The Labute approximate surface area is 199 Å². The van der Waals surface area contributed by atoms with E-state index in [1.807, 2.05) is 43.3 Å². The lowest BCUT2D eigenvalue weighted by Crippen LogP contribution is -2.37. The highest BCUT2D eigenvalue weighted by molar-refractivity contribution is 6.31. The average molecular weight is 467 g/mol. The number of halogens is 1. The van der Waals surface area contributed by atoms with Gasteiger partial charge in [0.2, 0.25) is 5.91 Å². The molecular weight excluding hydrogens is 436 g/mol. The molecule has 0 fully saturated rings. The van der Waals surface area contributed by atoms with Gasteiger partial charge in [0.25, 0.3) is 5.56 Å². The molecule has 0 aliphatic carbocycles. The van der Waals surface area contributed by atoms with E-state index in [0.717, 1.165) is 31.2 Å². The first kappa shape index (κ1) is 24.7. The second-order valence-corrected chi connectivity index (χ2v) is 8.59. The Morgan fingerprint density at radius 3 is 2.61 bits per heavy atom. The molecule has 3 rings (SSSR count). The molecule has 0 aliphatic heterocycles. The molecule has 1 unspecified atom stereocenters. The third-order valence-corrected chi connectivity index (χ3v) is 6.00. The molecule has 0 bridgehead atoms. The van der Waals surface area contributed by atoms with Crippen molar-refractivity contribution in [1.82, 2.24) is 14.5 Å². The monoisotopic (exact) mass is 466 g/mol. The molecule has 0 radical (unpaired) electrons. The second-order valence-electron chi connectivity index (χ2n) is 8.15. The van der Waals surface area contributed by atoms with Gasteiger partial charge in [-0.15, -0.1) is 0 Å². The quantitative estimate of drug-likeness (QED) is 0.346. The van der Waals surface area contributed by atoms with E-state index in [0.29, 0.717) is 34.8 Å². The molecule has 7 heteroatoms. The Balaban J connectivity index is 1.91. The lowest BCUT2D eigenvalue weighted by Gasteiger charge is -2.29. The van der Waals surface area contributed by atoms with Crippen LogP contribution in [0.4, 0.5) is 0 Å². The summed E-state index contributed by atoms with van der Waals surface area (Å²) in [6, 6.07) is 14.4. The molecule has 0 spiro atoms. The van der Waals surface area contributed by atoms with Crippen molar-refractivity contribution in [2.75, 3.05) is 13.1 Å². The fraction of sp³-hybridized carbons (Fsp3) is 0.346. The molecule has 2 aromatic carbocycles. The molecule has 1 amide bonds. The summed E-state index contributed by atoms with van der Waals surface area (Å²) in [6.07, 6.45) is 7.22. The van der Waals surface area contributed by atoms with Crippen molar-refractivity contribution in [3.8, 4) is 0 Å². The number of amides is 1. The third-order valence-electron chi connectivity index (χ3n) is 5.77. The summed E-state index contributed by atoms with van der Waals surface area (Å²) < 4.78 is 1.52. The number of rotatable bonds is 10. The molecule has 0 saturated heterocycles. The second kappa shape index (κ2) is 11.8. The molecule has 1 heterocycles. The first-order chi connectivity index (χ1) is 15.9. The Morgan fingerprint density at radius 2 is 1.88 bits per heavy atom. The van der Waals surface area contributed by atoms with E-state index in [2.05, 4.69) is 0 Å². The topological polar surface area (TPSA) is 81.2 Å². The van der Waals surface area contributed by atoms with Crippen molar-refractivity contribution in [2.24, 2.45) is 12.8 Å². The van der Waals surface area contributed by atoms with Gasteiger partial charge in [-0.05, 0) is 56.1 Å². The minimum absolute atomic E-state index is 0.120. The fourth-order valence-corrected chi connectivity index (χ4v) is 4.04. The van der Waals surface area contributed by atoms with Gasteiger partial charge in [-0.1, -0.05) is 54.8 Å². The Hall–Kier alpha value is -2.96. The Kier molecular flexibility index (Phi) is 8.80. The Bertz CT molecular complexity index is 1170. The number of fused-ring (bicyclic) bond motifs is 1. The van der Waals surface area contributed by atoms with Crippen LogP contribution in [0.15, 0.2) is 59.4 Å². The first-order valence-electron chi connectivity index (χ1n) is 11.3. The largest absolute Gasteiger partial charge is 0.330 e. The Morgan fingerprint density at radius 1 is 1.15 bits per heavy atom. The number of carbonyl (C=O) groups is 1. The predicted molar refractivity (Wildman–Crippen MR) is 135 cm³/mol. The molecule has 174 valence electrons. The summed E-state index contributed by atoms with van der Waals surface area (Å²) in [6.45, 7) is 3.14. The van der Waals surface area contributed by atoms with Gasteiger partial charge < -0.3 is 10.6 Å². The van der Waals surface area contributed by atoms with Crippen LogP contribution in [0, 0.1) is 0 Å². The third kappa shape index (κ3) is 6.30. The fourth-order valence-electron chi connectivity index (χ4n) is 3.88. The molecule has 2 N–H and O–H groups in total. The van der Waals surface area contributed by atoms with Crippen LogP contribution in [0.1, 0.15) is 50.0 Å². The lowest BCUT2D eigenvalue weighted by atomic mass is 10.1. The summed E-state index contributed by atoms with van der Waals surface area (Å²) in [7, 11) is 1.69. The molecule has 0 aliphatic rings. The standard InChI is InChI=1S/C26H31ClN4O2/c1-19(25-29-23-18-21(27)13-14-22(23)26(33)30(25)2)31(17-9-4-3-8-16-28)24(32)15-12-20-10-6-5-7-11-20/h5-7,10-15,18-19H,3-4,8-9,16-17,28H2,1-2H3. The zero-order chi connectivity index (χ0) is 23.8. The van der Waals surface area contributed by atoms with Crippen LogP contribution in [0.3, 0.4) is 0 Å². The van der Waals surface area contributed by atoms with Gasteiger partial charge in [0.05, 0.1) is 16.9 Å². The summed E-state index contributed by atoms with van der Waals surface area (Å²) in [5.74, 6) is 0.406. The number of carbonyl (C=O) groups excluding carboxylic acids is 1. The maximum Gasteiger partial charge on any atom is 0.261 e. The first-order valence-corrected chi connectivity index (χ1v) is 11.7. The van der Waals surface area contributed by atoms with E-state index < -0.39 is 6.04 Å². The van der Waals surface area contributed by atoms with Crippen LogP contribution >= 0.6 is 11.6 Å². The average Bonchev–Trinajstić information content (AvgIpc) is 2.82. The van der Waals surface area contributed by atoms with Crippen molar-refractivity contribution in [3.05, 3.63) is 81.4 Å². The highest BCUT2D eigenvalue weighted by Crippen LogP contribution is 2.22. The summed E-state index contributed by atoms with van der Waals surface area (Å²) in [5, 5.41) is 1.02. The number of aromatic nitrogens is 2. The summed E-state index contributed by atoms with van der Waals surface area (Å²) in [4.78, 5) is 32.7. The molecule has 33 heavy (non-hydrogen) atoms. The zero-order valence-electron chi connectivity index (χ0n) is 19.2. The van der Waals surface area contributed by atoms with E-state index in [-0.39, 0.29) is 11.5 Å². The molecule has 1 atom stereocenters. The highest BCUT2D eigenvalue weighted by atomic mass is 35.5. The molecule has 3 aromatic rings. The van der Waals surface area contributed by atoms with Gasteiger partial charge in [0.1, 0.15) is 5.82 Å². The van der Waals surface area contributed by atoms with Crippen molar-refractivity contribution < 1.29 is 4.79 Å². The summed E-state index contributed by atoms with van der Waals surface area (Å²) >= 11 is 6.13. The van der Waals surface area contributed by atoms with Gasteiger partial charge in [-0.25, -0.2) is 4.98 Å². The van der Waals surface area contributed by atoms with Gasteiger partial charge >= 0.3 is 0 Å². The van der Waals surface area contributed by atoms with Crippen LogP contribution in [0.2, 0.25) is 5.02 Å². The van der Waals surface area contributed by atoms with Gasteiger partial charge in [-0.3, -0.25) is 14.2 Å². The number of nitrogens with two attached hydrogens (primary N) is 1. The molecule has 6 nitrogen and oxygen atoms in total. The smallest absolute Gasteiger partial charge is 0.261 e. The van der Waals surface area contributed by atoms with Crippen molar-refractivity contribution in [1.29, 1.82) is 0 Å². The SMILES string of the molecule is CC(c1nc2cc(Cl)ccc2c(=O)n1C)N(CCCCCCN)C(=O)C=Cc1ccccc1. The van der Waals surface area contributed by atoms with E-state index >= 15 is 0 Å². The van der Waals surface area contributed by atoms with E-state index in [4.69, 9.17) is 22.3 Å². The van der Waals surface area contributed by atoms with Crippen LogP contribution < -0.4 is 11.3 Å². The number of hydrogen-bond acceptors (Lipinski definition) is 4. The van der Waals surface area contributed by atoms with Crippen LogP contribution in [0.25, 0.3) is 17.0 Å². The van der Waals surface area contributed by atoms with Crippen molar-refractivity contribution in [2.45, 2.75) is 38.6 Å². The molecular formula is C26H31ClN4O2. The molecule has 1 aromatic heterocycles. The predicted octanol–water partition coefficient (Wildman–Crippen LogP) is 4.71.